The maximum atomic E-state index is 12.1. The number of sulfonamides is 1. The zero-order chi connectivity index (χ0) is 13.9. The largest absolute Gasteiger partial charge is 0.399 e. The van der Waals surface area contributed by atoms with E-state index < -0.39 is 10.0 Å². The zero-order valence-corrected chi connectivity index (χ0v) is 13.2. The third-order valence-corrected chi connectivity index (χ3v) is 5.40. The highest BCUT2D eigenvalue weighted by Crippen LogP contribution is 2.24. The van der Waals surface area contributed by atoms with E-state index in [1.54, 1.807) is 12.1 Å². The topological polar surface area (TPSA) is 72.2 Å². The molecular weight excluding hydrogens is 316 g/mol. The normalized spacial score (nSPS) is 13.8. The van der Waals surface area contributed by atoms with Gasteiger partial charge in [0.2, 0.25) is 10.0 Å². The number of benzene rings is 1. The lowest BCUT2D eigenvalue weighted by molar-refractivity contribution is 0.414. The molecule has 1 aromatic carbocycles. The first-order chi connectivity index (χ1) is 8.24. The van der Waals surface area contributed by atoms with Crippen molar-refractivity contribution in [2.24, 2.45) is 11.8 Å². The molecule has 0 saturated heterocycles. The highest BCUT2D eigenvalue weighted by atomic mass is 79.9. The molecule has 0 aliphatic heterocycles. The van der Waals surface area contributed by atoms with Gasteiger partial charge in [-0.3, -0.25) is 0 Å². The second-order valence-electron chi connectivity index (χ2n) is 4.76. The SMILES string of the molecule is CC(C)C(C)CNS(=O)(=O)c1cc(N)ccc1Br. The van der Waals surface area contributed by atoms with Gasteiger partial charge in [-0.1, -0.05) is 20.8 Å². The average Bonchev–Trinajstić information content (AvgIpc) is 2.29. The van der Waals surface area contributed by atoms with Gasteiger partial charge in [0, 0.05) is 16.7 Å². The number of nitrogens with one attached hydrogen (secondary N) is 1. The van der Waals surface area contributed by atoms with Crippen LogP contribution in [0.3, 0.4) is 0 Å². The third kappa shape index (κ3) is 3.96. The fourth-order valence-corrected chi connectivity index (χ4v) is 3.42. The molecule has 0 heterocycles. The second kappa shape index (κ2) is 6.04. The average molecular weight is 335 g/mol. The van der Waals surface area contributed by atoms with Crippen molar-refractivity contribution in [1.29, 1.82) is 0 Å². The van der Waals surface area contributed by atoms with Gasteiger partial charge in [0.15, 0.2) is 0 Å². The van der Waals surface area contributed by atoms with Crippen molar-refractivity contribution >= 4 is 31.6 Å². The molecule has 0 amide bonds. The van der Waals surface area contributed by atoms with Gasteiger partial charge in [0.1, 0.15) is 0 Å². The Hall–Kier alpha value is -0.590. The van der Waals surface area contributed by atoms with E-state index in [-0.39, 0.29) is 10.8 Å². The molecule has 0 radical (unpaired) electrons. The van der Waals surface area contributed by atoms with Gasteiger partial charge < -0.3 is 5.73 Å². The van der Waals surface area contributed by atoms with Crippen LogP contribution in [-0.2, 0) is 10.0 Å². The van der Waals surface area contributed by atoms with Crippen LogP contribution >= 0.6 is 15.9 Å². The lowest BCUT2D eigenvalue weighted by atomic mass is 9.99. The second-order valence-corrected chi connectivity index (χ2v) is 7.35. The van der Waals surface area contributed by atoms with Crippen molar-refractivity contribution in [2.75, 3.05) is 12.3 Å². The zero-order valence-electron chi connectivity index (χ0n) is 10.8. The molecule has 0 aromatic heterocycles. The summed E-state index contributed by atoms with van der Waals surface area (Å²) >= 11 is 3.23. The van der Waals surface area contributed by atoms with Crippen molar-refractivity contribution in [3.8, 4) is 0 Å². The fourth-order valence-electron chi connectivity index (χ4n) is 1.28. The van der Waals surface area contributed by atoms with Gasteiger partial charge in [-0.2, -0.15) is 0 Å². The Morgan fingerprint density at radius 1 is 1.33 bits per heavy atom. The monoisotopic (exact) mass is 334 g/mol. The Labute approximate surface area is 117 Å². The van der Waals surface area contributed by atoms with Gasteiger partial charge in [0.25, 0.3) is 0 Å². The summed E-state index contributed by atoms with van der Waals surface area (Å²) in [5.74, 6) is 0.705. The van der Waals surface area contributed by atoms with E-state index in [2.05, 4.69) is 34.5 Å². The Morgan fingerprint density at radius 2 is 1.94 bits per heavy atom. The van der Waals surface area contributed by atoms with Crippen molar-refractivity contribution in [3.63, 3.8) is 0 Å². The standard InChI is InChI=1S/C12H19BrN2O2S/c1-8(2)9(3)7-15-18(16,17)12-6-10(14)4-5-11(12)13/h4-6,8-9,15H,7,14H2,1-3H3. The minimum atomic E-state index is -3.52. The van der Waals surface area contributed by atoms with E-state index in [9.17, 15) is 8.42 Å². The molecule has 0 fully saturated rings. The van der Waals surface area contributed by atoms with Crippen molar-refractivity contribution in [1.82, 2.24) is 4.72 Å². The Morgan fingerprint density at radius 3 is 2.50 bits per heavy atom. The van der Waals surface area contributed by atoms with E-state index in [4.69, 9.17) is 5.73 Å². The third-order valence-electron chi connectivity index (χ3n) is 2.98. The number of hydrogen-bond acceptors (Lipinski definition) is 3. The maximum absolute atomic E-state index is 12.1. The van der Waals surface area contributed by atoms with Crippen LogP contribution in [0.25, 0.3) is 0 Å². The summed E-state index contributed by atoms with van der Waals surface area (Å²) in [5.41, 5.74) is 6.04. The number of hydrogen-bond donors (Lipinski definition) is 2. The van der Waals surface area contributed by atoms with Crippen LogP contribution in [0.5, 0.6) is 0 Å². The Bertz CT molecular complexity index is 515. The molecule has 1 atom stereocenters. The number of anilines is 1. The van der Waals surface area contributed by atoms with Crippen molar-refractivity contribution in [3.05, 3.63) is 22.7 Å². The van der Waals surface area contributed by atoms with E-state index in [0.717, 1.165) is 0 Å². The smallest absolute Gasteiger partial charge is 0.241 e. The summed E-state index contributed by atoms with van der Waals surface area (Å²) in [7, 11) is -3.52. The van der Waals surface area contributed by atoms with Crippen molar-refractivity contribution in [2.45, 2.75) is 25.7 Å². The molecule has 0 aliphatic rings. The molecule has 6 heteroatoms. The fraction of sp³-hybridized carbons (Fsp3) is 0.500. The number of nitrogen functional groups attached to an aromatic ring is 1. The highest BCUT2D eigenvalue weighted by molar-refractivity contribution is 9.10. The molecule has 0 aliphatic carbocycles. The van der Waals surface area contributed by atoms with Crippen LogP contribution < -0.4 is 10.5 Å². The molecule has 4 nitrogen and oxygen atoms in total. The van der Waals surface area contributed by atoms with Crippen LogP contribution in [0.4, 0.5) is 5.69 Å². The van der Waals surface area contributed by atoms with E-state index >= 15 is 0 Å². The van der Waals surface area contributed by atoms with E-state index in [1.165, 1.54) is 6.07 Å². The number of halogens is 1. The Kier molecular flexibility index (Phi) is 5.19. The summed E-state index contributed by atoms with van der Waals surface area (Å²) in [6.07, 6.45) is 0. The molecular formula is C12H19BrN2O2S. The van der Waals surface area contributed by atoms with Gasteiger partial charge in [-0.15, -0.1) is 0 Å². The first-order valence-electron chi connectivity index (χ1n) is 5.78. The minimum Gasteiger partial charge on any atom is -0.399 e. The van der Waals surface area contributed by atoms with E-state index in [1.807, 2.05) is 6.92 Å². The van der Waals surface area contributed by atoms with Crippen LogP contribution in [0, 0.1) is 11.8 Å². The summed E-state index contributed by atoms with van der Waals surface area (Å²) in [6, 6.07) is 4.74. The molecule has 1 unspecified atom stereocenters. The minimum absolute atomic E-state index is 0.179. The number of nitrogens with two attached hydrogens (primary N) is 1. The van der Waals surface area contributed by atoms with Crippen molar-refractivity contribution < 1.29 is 8.42 Å². The lowest BCUT2D eigenvalue weighted by Crippen LogP contribution is -2.30. The molecule has 102 valence electrons. The predicted molar refractivity (Wildman–Crippen MR) is 77.7 cm³/mol. The van der Waals surface area contributed by atoms with Gasteiger partial charge in [-0.05, 0) is 46.0 Å². The molecule has 0 bridgehead atoms. The Balaban J connectivity index is 2.90. The van der Waals surface area contributed by atoms with Crippen LogP contribution in [0.2, 0.25) is 0 Å². The van der Waals surface area contributed by atoms with Gasteiger partial charge >= 0.3 is 0 Å². The molecule has 3 N–H and O–H groups in total. The molecule has 1 rings (SSSR count). The van der Waals surface area contributed by atoms with Gasteiger partial charge in [-0.25, -0.2) is 13.1 Å². The summed E-state index contributed by atoms with van der Waals surface area (Å²) < 4.78 is 27.4. The maximum Gasteiger partial charge on any atom is 0.241 e. The quantitative estimate of drug-likeness (QED) is 0.813. The molecule has 18 heavy (non-hydrogen) atoms. The summed E-state index contributed by atoms with van der Waals surface area (Å²) in [4.78, 5) is 0.179. The predicted octanol–water partition coefficient (Wildman–Crippen LogP) is 2.60. The van der Waals surface area contributed by atoms with E-state index in [0.29, 0.717) is 22.6 Å². The first-order valence-corrected chi connectivity index (χ1v) is 8.06. The summed E-state index contributed by atoms with van der Waals surface area (Å²) in [5, 5.41) is 0. The van der Waals surface area contributed by atoms with Crippen LogP contribution in [-0.4, -0.2) is 15.0 Å². The lowest BCUT2D eigenvalue weighted by Gasteiger charge is -2.16. The molecule has 0 saturated carbocycles. The molecule has 1 aromatic rings. The summed E-state index contributed by atoms with van der Waals surface area (Å²) in [6.45, 7) is 6.56. The molecule has 0 spiro atoms. The number of rotatable bonds is 5. The van der Waals surface area contributed by atoms with Gasteiger partial charge in [0.05, 0.1) is 4.90 Å². The first kappa shape index (κ1) is 15.5. The van der Waals surface area contributed by atoms with Crippen LogP contribution in [0.15, 0.2) is 27.6 Å². The van der Waals surface area contributed by atoms with Crippen LogP contribution in [0.1, 0.15) is 20.8 Å². The highest BCUT2D eigenvalue weighted by Gasteiger charge is 2.19.